The summed E-state index contributed by atoms with van der Waals surface area (Å²) in [4.78, 5) is 14.5. The fraction of sp³-hybridized carbons (Fsp3) is 0.113. The molecule has 0 heterocycles. The maximum Gasteiger partial charge on any atom is 0.0546 e. The molecular formula is C142H122N6. The van der Waals surface area contributed by atoms with Crippen molar-refractivity contribution in [1.29, 1.82) is 0 Å². The Kier molecular flexibility index (Phi) is 26.3. The van der Waals surface area contributed by atoms with E-state index in [-0.39, 0.29) is 10.8 Å². The third kappa shape index (κ3) is 18.9. The molecule has 0 saturated heterocycles. The molecule has 0 N–H and O–H groups in total. The molecule has 0 aliphatic rings. The van der Waals surface area contributed by atoms with Gasteiger partial charge in [0.15, 0.2) is 0 Å². The van der Waals surface area contributed by atoms with Gasteiger partial charge in [-0.25, -0.2) is 0 Å². The van der Waals surface area contributed by atoms with Gasteiger partial charge in [0.2, 0.25) is 0 Å². The normalized spacial score (nSPS) is 11.6. The highest BCUT2D eigenvalue weighted by atomic mass is 15.2. The second-order valence-corrected chi connectivity index (χ2v) is 41.7. The molecule has 0 saturated carbocycles. The molecule has 0 fully saturated rings. The predicted molar refractivity (Wildman–Crippen MR) is 640 cm³/mol. The van der Waals surface area contributed by atoms with Gasteiger partial charge in [-0.15, -0.1) is 0 Å². The quantitative estimate of drug-likeness (QED) is 0.0704. The van der Waals surface area contributed by atoms with Gasteiger partial charge in [-0.05, 0) is 305 Å². The molecule has 0 atom stereocenters. The van der Waals surface area contributed by atoms with E-state index in [0.29, 0.717) is 11.8 Å². The van der Waals surface area contributed by atoms with Crippen molar-refractivity contribution in [3.05, 3.63) is 543 Å². The van der Waals surface area contributed by atoms with Crippen LogP contribution in [0.5, 0.6) is 0 Å². The van der Waals surface area contributed by atoms with Crippen LogP contribution in [0.4, 0.5) is 102 Å². The lowest BCUT2D eigenvalue weighted by Gasteiger charge is -2.30. The molecule has 720 valence electrons. The van der Waals surface area contributed by atoms with Crippen molar-refractivity contribution in [3.63, 3.8) is 0 Å². The number of aryl methyl sites for hydroxylation is 2. The maximum absolute atomic E-state index is 2.43. The maximum atomic E-state index is 2.43. The number of hydrogen-bond acceptors (Lipinski definition) is 6. The van der Waals surface area contributed by atoms with Crippen molar-refractivity contribution in [2.24, 2.45) is 0 Å². The Morgan fingerprint density at radius 2 is 0.277 bits per heavy atom. The summed E-state index contributed by atoms with van der Waals surface area (Å²) in [6.07, 6.45) is 0. The lowest BCUT2D eigenvalue weighted by molar-refractivity contribution is 0.590. The van der Waals surface area contributed by atoms with Crippen LogP contribution in [0.2, 0.25) is 0 Å². The zero-order valence-corrected chi connectivity index (χ0v) is 86.3. The molecule has 148 heavy (non-hydrogen) atoms. The molecule has 24 rings (SSSR count). The Hall–Kier alpha value is -17.6. The first-order valence-corrected chi connectivity index (χ1v) is 52.0. The van der Waals surface area contributed by atoms with E-state index < -0.39 is 0 Å². The van der Waals surface area contributed by atoms with Crippen LogP contribution in [0.25, 0.3) is 97.0 Å². The van der Waals surface area contributed by atoms with Crippen LogP contribution < -0.4 is 29.4 Å². The third-order valence-corrected chi connectivity index (χ3v) is 29.3. The van der Waals surface area contributed by atoms with Crippen LogP contribution >= 0.6 is 0 Å². The van der Waals surface area contributed by atoms with Crippen molar-refractivity contribution in [2.45, 2.75) is 106 Å². The highest BCUT2D eigenvalue weighted by molar-refractivity contribution is 6.28. The van der Waals surface area contributed by atoms with Gasteiger partial charge < -0.3 is 29.4 Å². The van der Waals surface area contributed by atoms with Gasteiger partial charge in [0.1, 0.15) is 0 Å². The molecule has 0 aromatic heterocycles. The van der Waals surface area contributed by atoms with Crippen LogP contribution in [0.15, 0.2) is 510 Å². The zero-order valence-electron chi connectivity index (χ0n) is 86.3. The largest absolute Gasteiger partial charge is 0.310 e. The van der Waals surface area contributed by atoms with Crippen LogP contribution in [-0.2, 0) is 10.8 Å². The van der Waals surface area contributed by atoms with Gasteiger partial charge in [0.25, 0.3) is 0 Å². The van der Waals surface area contributed by atoms with E-state index in [1.165, 1.54) is 142 Å². The average Bonchev–Trinajstić information content (AvgIpc) is 0.729. The smallest absolute Gasteiger partial charge is 0.0546 e. The molecule has 0 aliphatic heterocycles. The molecule has 0 aliphatic carbocycles. The highest BCUT2D eigenvalue weighted by Crippen LogP contribution is 2.54. The van der Waals surface area contributed by atoms with E-state index >= 15 is 0 Å². The lowest BCUT2D eigenvalue weighted by Crippen LogP contribution is -2.14. The second-order valence-electron chi connectivity index (χ2n) is 41.7. The Morgan fingerprint density at radius 1 is 0.142 bits per heavy atom. The first kappa shape index (κ1) is 95.3. The molecule has 24 aromatic rings. The minimum Gasteiger partial charge on any atom is -0.310 e. The monoisotopic (exact) mass is 1910 g/mol. The van der Waals surface area contributed by atoms with E-state index in [0.717, 1.165) is 91.0 Å². The summed E-state index contributed by atoms with van der Waals surface area (Å²) in [5.74, 6) is 0.938. The Morgan fingerprint density at radius 3 is 0.432 bits per heavy atom. The molecule has 6 heteroatoms. The molecular weight excluding hydrogens is 1790 g/mol. The number of anilines is 18. The number of nitrogens with zero attached hydrogens (tertiary/aromatic N) is 6. The van der Waals surface area contributed by atoms with Gasteiger partial charge in [-0.2, -0.15) is 0 Å². The molecule has 6 nitrogen and oxygen atoms in total. The van der Waals surface area contributed by atoms with Crippen molar-refractivity contribution in [3.8, 4) is 0 Å². The number of benzene rings is 24. The lowest BCUT2D eigenvalue weighted by atomic mass is 9.87. The van der Waals surface area contributed by atoms with Crippen LogP contribution in [0.3, 0.4) is 0 Å². The van der Waals surface area contributed by atoms with Crippen molar-refractivity contribution < 1.29 is 0 Å². The molecule has 0 bridgehead atoms. The summed E-state index contributed by atoms with van der Waals surface area (Å²) in [5.41, 5.74) is 28.6. The van der Waals surface area contributed by atoms with Crippen molar-refractivity contribution in [2.75, 3.05) is 29.4 Å². The topological polar surface area (TPSA) is 19.4 Å². The average molecular weight is 1910 g/mol. The van der Waals surface area contributed by atoms with E-state index in [2.05, 4.69) is 622 Å². The number of rotatable bonds is 20. The SMILES string of the molecule is CC(C)(C)c1ccc(N(c2ccccc2)c2cc3c4ccccc4c(N(c4ccccc4)c4ccc(C(C)(C)C)cc4)cc3c3ccccc23)cc1.Cc1ccc(N(c2ccc(C(C)C)cc2)c2cc3c4ccccc4c(N(c4ccc(C)cc4)c4ccc(C(C)C)cc4)cc3c3ccccc23)cc1.c1ccc(N(c2ccccc2)c2cc3c4ccccc4c(N(c4ccccc4)c4ccccc4)cc3c3ccccc23)cc1. The summed E-state index contributed by atoms with van der Waals surface area (Å²) in [5, 5.41) is 22.0. The van der Waals surface area contributed by atoms with Gasteiger partial charge in [-0.1, -0.05) is 408 Å². The Bertz CT molecular complexity index is 8270. The van der Waals surface area contributed by atoms with Crippen molar-refractivity contribution >= 4 is 199 Å². The predicted octanol–water partition coefficient (Wildman–Crippen LogP) is 41.7. The summed E-state index contributed by atoms with van der Waals surface area (Å²) in [6, 6.07) is 186. The summed E-state index contributed by atoms with van der Waals surface area (Å²) in [7, 11) is 0. The van der Waals surface area contributed by atoms with Crippen LogP contribution in [-0.4, -0.2) is 0 Å². The molecule has 0 unspecified atom stereocenters. The van der Waals surface area contributed by atoms with Gasteiger partial charge >= 0.3 is 0 Å². The number of hydrogen-bond donors (Lipinski definition) is 0. The van der Waals surface area contributed by atoms with Crippen LogP contribution in [0.1, 0.15) is 114 Å². The van der Waals surface area contributed by atoms with Gasteiger partial charge in [-0.3, -0.25) is 0 Å². The van der Waals surface area contributed by atoms with Crippen molar-refractivity contribution in [1.82, 2.24) is 0 Å². The minimum absolute atomic E-state index is 0.0740. The first-order valence-electron chi connectivity index (χ1n) is 52.0. The van der Waals surface area contributed by atoms with E-state index in [9.17, 15) is 0 Å². The molecule has 24 aromatic carbocycles. The standard InChI is InChI=1S/2C50H46N2.C42H30N2/c1-33(2)37-19-27-41(28-20-37)51(39-23-15-35(5)16-24-39)49-31-47-44-12-8-10-14-46(44)50(32-48(47)43-11-7-9-13-45(43)49)52(40-25-17-36(6)18-26-40)42-29-21-38(22-30-42)34(3)4;1-49(2,3)35-25-29-39(30-26-35)51(37-17-9-7-10-18-37)47-33-45-42-22-14-16-24-44(42)48(34-46(45)41-21-13-15-23-43(41)47)52(38-19-11-8-12-20-38)40-31-27-36(28-32-40)50(4,5)6;1-5-17-31(18-6-1)43(32-19-7-2-8-20-32)41-29-39-36-26-14-16-28-38(36)42(30-40(39)35-25-13-15-27-37(35)41)44(33-21-9-3-10-22-33)34-23-11-4-12-24-34/h2*7-34H,1-6H3;1-30H. The fourth-order valence-electron chi connectivity index (χ4n) is 21.5. The Balaban J connectivity index is 0.000000126. The summed E-state index contributed by atoms with van der Waals surface area (Å²) >= 11 is 0. The number of fused-ring (bicyclic) bond motifs is 15. The van der Waals surface area contributed by atoms with E-state index in [1.807, 2.05) is 0 Å². The van der Waals surface area contributed by atoms with E-state index in [1.54, 1.807) is 0 Å². The number of para-hydroxylation sites is 6. The Labute approximate surface area is 871 Å². The minimum atomic E-state index is 0.0740. The fourth-order valence-corrected chi connectivity index (χ4v) is 21.5. The van der Waals surface area contributed by atoms with E-state index in [4.69, 9.17) is 0 Å². The summed E-state index contributed by atoms with van der Waals surface area (Å²) in [6.45, 7) is 26.9. The third-order valence-electron chi connectivity index (χ3n) is 29.3. The van der Waals surface area contributed by atoms with Gasteiger partial charge in [0, 0.05) is 101 Å². The molecule has 0 spiro atoms. The first-order chi connectivity index (χ1) is 72.2. The summed E-state index contributed by atoms with van der Waals surface area (Å²) < 4.78 is 0. The van der Waals surface area contributed by atoms with Gasteiger partial charge in [0.05, 0.1) is 34.1 Å². The second kappa shape index (κ2) is 40.9. The zero-order chi connectivity index (χ0) is 101. The molecule has 0 amide bonds. The highest BCUT2D eigenvalue weighted by Gasteiger charge is 2.30. The molecule has 0 radical (unpaired) electrons. The van der Waals surface area contributed by atoms with Crippen LogP contribution in [0, 0.1) is 13.8 Å².